The maximum atomic E-state index is 12.8. The molecular formula is C21H21N3O5S. The molecule has 156 valence electrons. The second kappa shape index (κ2) is 8.19. The van der Waals surface area contributed by atoms with Crippen molar-refractivity contribution in [3.8, 4) is 17.2 Å². The van der Waals surface area contributed by atoms with Crippen LogP contribution in [0.3, 0.4) is 0 Å². The van der Waals surface area contributed by atoms with Gasteiger partial charge in [-0.25, -0.2) is 4.98 Å². The summed E-state index contributed by atoms with van der Waals surface area (Å²) in [5, 5.41) is 3.34. The predicted molar refractivity (Wildman–Crippen MR) is 115 cm³/mol. The Kier molecular flexibility index (Phi) is 5.45. The summed E-state index contributed by atoms with van der Waals surface area (Å²) in [5.74, 6) is 1.01. The van der Waals surface area contributed by atoms with Crippen molar-refractivity contribution in [2.24, 2.45) is 5.92 Å². The zero-order valence-electron chi connectivity index (χ0n) is 16.8. The Morgan fingerprint density at radius 2 is 1.83 bits per heavy atom. The second-order valence-electron chi connectivity index (χ2n) is 6.79. The molecule has 8 nitrogen and oxygen atoms in total. The van der Waals surface area contributed by atoms with Crippen molar-refractivity contribution in [1.82, 2.24) is 4.98 Å². The summed E-state index contributed by atoms with van der Waals surface area (Å²) in [5.41, 5.74) is 1.37. The van der Waals surface area contributed by atoms with Crippen molar-refractivity contribution in [3.05, 3.63) is 36.4 Å². The summed E-state index contributed by atoms with van der Waals surface area (Å²) in [7, 11) is 4.70. The molecule has 0 radical (unpaired) electrons. The van der Waals surface area contributed by atoms with Crippen molar-refractivity contribution < 1.29 is 23.8 Å². The Hall–Kier alpha value is -3.33. The molecule has 1 fully saturated rings. The van der Waals surface area contributed by atoms with E-state index in [0.717, 1.165) is 16.0 Å². The summed E-state index contributed by atoms with van der Waals surface area (Å²) in [6.07, 6.45) is 0.116. The van der Waals surface area contributed by atoms with Crippen LogP contribution in [0.25, 0.3) is 10.2 Å². The minimum absolute atomic E-state index is 0.116. The number of methoxy groups -OCH3 is 3. The van der Waals surface area contributed by atoms with Crippen LogP contribution in [0.15, 0.2) is 36.4 Å². The van der Waals surface area contributed by atoms with Gasteiger partial charge in [-0.15, -0.1) is 0 Å². The largest absolute Gasteiger partial charge is 0.497 e. The van der Waals surface area contributed by atoms with Crippen LogP contribution in [-0.4, -0.2) is 44.7 Å². The van der Waals surface area contributed by atoms with Crippen molar-refractivity contribution >= 4 is 44.2 Å². The van der Waals surface area contributed by atoms with E-state index in [1.54, 1.807) is 37.3 Å². The van der Waals surface area contributed by atoms with E-state index in [0.29, 0.717) is 22.3 Å². The molecule has 1 aliphatic heterocycles. The highest BCUT2D eigenvalue weighted by Gasteiger charge is 2.36. The standard InChI is InChI=1S/C21H21N3O5S/c1-27-13-5-7-17(29-3)16(9-13)24-11-12(8-19(24)25)20(26)23-21-22-15-6-4-14(28-2)10-18(15)30-21/h4-7,9-10,12H,8,11H2,1-3H3,(H,22,23,26)/t12-/m0/s1. The Labute approximate surface area is 177 Å². The monoisotopic (exact) mass is 427 g/mol. The molecule has 1 atom stereocenters. The Balaban J connectivity index is 1.51. The molecule has 1 aromatic heterocycles. The van der Waals surface area contributed by atoms with Gasteiger partial charge in [-0.2, -0.15) is 0 Å². The Bertz CT molecular complexity index is 1110. The molecule has 2 amide bonds. The van der Waals surface area contributed by atoms with Gasteiger partial charge in [-0.1, -0.05) is 11.3 Å². The SMILES string of the molecule is COc1ccc(OC)c(N2C[C@@H](C(=O)Nc3nc4ccc(OC)cc4s3)CC2=O)c1. The van der Waals surface area contributed by atoms with E-state index >= 15 is 0 Å². The summed E-state index contributed by atoms with van der Waals surface area (Å²) < 4.78 is 16.8. The van der Waals surface area contributed by atoms with Gasteiger partial charge in [0.1, 0.15) is 17.2 Å². The molecule has 9 heteroatoms. The minimum Gasteiger partial charge on any atom is -0.497 e. The Morgan fingerprint density at radius 3 is 2.57 bits per heavy atom. The van der Waals surface area contributed by atoms with Crippen molar-refractivity contribution in [2.75, 3.05) is 38.1 Å². The number of aromatic nitrogens is 1. The van der Waals surface area contributed by atoms with Gasteiger partial charge in [-0.05, 0) is 30.3 Å². The number of ether oxygens (including phenoxy) is 3. The highest BCUT2D eigenvalue weighted by molar-refractivity contribution is 7.22. The molecule has 3 aromatic rings. The summed E-state index contributed by atoms with van der Waals surface area (Å²) >= 11 is 1.36. The van der Waals surface area contributed by atoms with Crippen LogP contribution >= 0.6 is 11.3 Å². The molecule has 0 bridgehead atoms. The molecule has 0 saturated carbocycles. The fraction of sp³-hybridized carbons (Fsp3) is 0.286. The first-order valence-electron chi connectivity index (χ1n) is 9.30. The number of hydrogen-bond donors (Lipinski definition) is 1. The van der Waals surface area contributed by atoms with Gasteiger partial charge < -0.3 is 24.4 Å². The van der Waals surface area contributed by atoms with E-state index in [1.165, 1.54) is 18.4 Å². The first kappa shape index (κ1) is 20.0. The lowest BCUT2D eigenvalue weighted by molar-refractivity contribution is -0.122. The van der Waals surface area contributed by atoms with Crippen LogP contribution in [0.5, 0.6) is 17.2 Å². The first-order valence-corrected chi connectivity index (χ1v) is 10.1. The van der Waals surface area contributed by atoms with E-state index in [2.05, 4.69) is 10.3 Å². The fourth-order valence-electron chi connectivity index (χ4n) is 3.42. The highest BCUT2D eigenvalue weighted by atomic mass is 32.1. The second-order valence-corrected chi connectivity index (χ2v) is 7.82. The lowest BCUT2D eigenvalue weighted by Gasteiger charge is -2.20. The van der Waals surface area contributed by atoms with Gasteiger partial charge in [0.15, 0.2) is 5.13 Å². The van der Waals surface area contributed by atoms with Crippen LogP contribution in [-0.2, 0) is 9.59 Å². The van der Waals surface area contributed by atoms with Crippen LogP contribution in [0.2, 0.25) is 0 Å². The predicted octanol–water partition coefficient (Wildman–Crippen LogP) is 3.31. The summed E-state index contributed by atoms with van der Waals surface area (Å²) in [4.78, 5) is 31.5. The topological polar surface area (TPSA) is 90.0 Å². The number of nitrogens with one attached hydrogen (secondary N) is 1. The smallest absolute Gasteiger partial charge is 0.231 e. The van der Waals surface area contributed by atoms with E-state index in [1.807, 2.05) is 18.2 Å². The first-order chi connectivity index (χ1) is 14.5. The van der Waals surface area contributed by atoms with Gasteiger partial charge in [0.25, 0.3) is 0 Å². The molecule has 4 rings (SSSR count). The van der Waals surface area contributed by atoms with Gasteiger partial charge in [-0.3, -0.25) is 9.59 Å². The number of amides is 2. The zero-order chi connectivity index (χ0) is 21.3. The number of hydrogen-bond acceptors (Lipinski definition) is 7. The molecule has 1 N–H and O–H groups in total. The third-order valence-electron chi connectivity index (χ3n) is 5.00. The molecule has 0 unspecified atom stereocenters. The van der Waals surface area contributed by atoms with E-state index in [4.69, 9.17) is 14.2 Å². The third kappa shape index (κ3) is 3.76. The van der Waals surface area contributed by atoms with Crippen LogP contribution in [0.4, 0.5) is 10.8 Å². The van der Waals surface area contributed by atoms with Gasteiger partial charge in [0, 0.05) is 19.0 Å². The average Bonchev–Trinajstić information content (AvgIpc) is 3.35. The fourth-order valence-corrected chi connectivity index (χ4v) is 4.31. The van der Waals surface area contributed by atoms with Crippen molar-refractivity contribution in [1.29, 1.82) is 0 Å². The van der Waals surface area contributed by atoms with Gasteiger partial charge >= 0.3 is 0 Å². The van der Waals surface area contributed by atoms with Crippen molar-refractivity contribution in [3.63, 3.8) is 0 Å². The number of fused-ring (bicyclic) bond motifs is 1. The van der Waals surface area contributed by atoms with Crippen LogP contribution in [0, 0.1) is 5.92 Å². The maximum Gasteiger partial charge on any atom is 0.231 e. The maximum absolute atomic E-state index is 12.8. The molecule has 2 aromatic carbocycles. The number of rotatable bonds is 6. The zero-order valence-corrected chi connectivity index (χ0v) is 17.6. The lowest BCUT2D eigenvalue weighted by Crippen LogP contribution is -2.28. The van der Waals surface area contributed by atoms with Crippen molar-refractivity contribution in [2.45, 2.75) is 6.42 Å². The molecular weight excluding hydrogens is 406 g/mol. The van der Waals surface area contributed by atoms with E-state index in [9.17, 15) is 9.59 Å². The molecule has 30 heavy (non-hydrogen) atoms. The number of anilines is 2. The minimum atomic E-state index is -0.491. The number of carbonyl (C=O) groups excluding carboxylic acids is 2. The Morgan fingerprint density at radius 1 is 1.10 bits per heavy atom. The number of benzene rings is 2. The molecule has 0 aliphatic carbocycles. The van der Waals surface area contributed by atoms with Crippen LogP contribution < -0.4 is 24.4 Å². The number of nitrogens with zero attached hydrogens (tertiary/aromatic N) is 2. The quantitative estimate of drug-likeness (QED) is 0.649. The molecule has 2 heterocycles. The lowest BCUT2D eigenvalue weighted by atomic mass is 10.1. The van der Waals surface area contributed by atoms with Crippen LogP contribution in [0.1, 0.15) is 6.42 Å². The normalized spacial score (nSPS) is 16.0. The number of thiazole rings is 1. The van der Waals surface area contributed by atoms with E-state index < -0.39 is 5.92 Å². The molecule has 1 saturated heterocycles. The average molecular weight is 427 g/mol. The van der Waals surface area contributed by atoms with Gasteiger partial charge in [0.2, 0.25) is 11.8 Å². The molecule has 0 spiro atoms. The number of carbonyl (C=O) groups is 2. The third-order valence-corrected chi connectivity index (χ3v) is 5.93. The molecule has 1 aliphatic rings. The summed E-state index contributed by atoms with van der Waals surface area (Å²) in [6, 6.07) is 10.8. The van der Waals surface area contributed by atoms with Gasteiger partial charge in [0.05, 0.1) is 43.2 Å². The highest BCUT2D eigenvalue weighted by Crippen LogP contribution is 2.36. The summed E-state index contributed by atoms with van der Waals surface area (Å²) in [6.45, 7) is 0.257. The van der Waals surface area contributed by atoms with E-state index in [-0.39, 0.29) is 24.8 Å².